The van der Waals surface area contributed by atoms with Crippen LogP contribution >= 0.6 is 0 Å². The molecule has 1 N–H and O–H groups in total. The van der Waals surface area contributed by atoms with Gasteiger partial charge in [-0.05, 0) is 39.7 Å². The first-order valence-electron chi connectivity index (χ1n) is 5.95. The summed E-state index contributed by atoms with van der Waals surface area (Å²) in [6.45, 7) is 10.4. The second-order valence-electron chi connectivity index (χ2n) is 5.43. The molecular weight excluding hydrogens is 172 g/mol. The van der Waals surface area contributed by atoms with E-state index in [1.54, 1.807) is 0 Å². The molecule has 84 valence electrons. The van der Waals surface area contributed by atoms with Gasteiger partial charge in [-0.1, -0.05) is 13.8 Å². The highest BCUT2D eigenvalue weighted by Crippen LogP contribution is 2.18. The molecule has 1 rings (SSSR count). The van der Waals surface area contributed by atoms with Crippen LogP contribution in [0, 0.1) is 5.92 Å². The van der Waals surface area contributed by atoms with Gasteiger partial charge in [0, 0.05) is 24.7 Å². The van der Waals surface area contributed by atoms with E-state index in [9.17, 15) is 0 Å². The van der Waals surface area contributed by atoms with Gasteiger partial charge in [-0.2, -0.15) is 0 Å². The number of nitrogens with zero attached hydrogens (tertiary/aromatic N) is 1. The van der Waals surface area contributed by atoms with Crippen molar-refractivity contribution in [2.75, 3.05) is 13.6 Å². The molecule has 1 aliphatic heterocycles. The zero-order chi connectivity index (χ0) is 10.7. The van der Waals surface area contributed by atoms with Crippen LogP contribution in [0.4, 0.5) is 0 Å². The normalized spacial score (nSPS) is 34.1. The molecule has 0 aromatic carbocycles. The Bertz CT molecular complexity index is 158. The molecule has 0 bridgehead atoms. The Morgan fingerprint density at radius 2 is 1.71 bits per heavy atom. The molecule has 2 unspecified atom stereocenters. The second-order valence-corrected chi connectivity index (χ2v) is 5.43. The van der Waals surface area contributed by atoms with Crippen LogP contribution in [0.1, 0.15) is 40.5 Å². The first kappa shape index (κ1) is 12.0. The quantitative estimate of drug-likeness (QED) is 0.747. The van der Waals surface area contributed by atoms with Crippen LogP contribution in [0.3, 0.4) is 0 Å². The third-order valence-electron chi connectivity index (χ3n) is 3.10. The summed E-state index contributed by atoms with van der Waals surface area (Å²) < 4.78 is 0. The number of hydrogen-bond acceptors (Lipinski definition) is 2. The van der Waals surface area contributed by atoms with Crippen molar-refractivity contribution >= 4 is 0 Å². The maximum absolute atomic E-state index is 3.59. The number of nitrogens with one attached hydrogen (secondary N) is 1. The Hall–Kier alpha value is -0.0800. The fraction of sp³-hybridized carbons (Fsp3) is 1.00. The summed E-state index contributed by atoms with van der Waals surface area (Å²) in [5.41, 5.74) is 0. The minimum absolute atomic E-state index is 0.679. The van der Waals surface area contributed by atoms with Crippen molar-refractivity contribution in [3.05, 3.63) is 0 Å². The Labute approximate surface area is 89.1 Å². The standard InChI is InChI=1S/C12H26N2/c1-9(2)8-14(5)12-6-10(3)13-11(4)7-12/h9-13H,6-8H2,1-5H3. The van der Waals surface area contributed by atoms with Crippen LogP contribution < -0.4 is 5.32 Å². The van der Waals surface area contributed by atoms with E-state index in [1.165, 1.54) is 19.4 Å². The largest absolute Gasteiger partial charge is 0.312 e. The van der Waals surface area contributed by atoms with E-state index in [2.05, 4.69) is 45.0 Å². The van der Waals surface area contributed by atoms with Crippen molar-refractivity contribution in [3.8, 4) is 0 Å². The van der Waals surface area contributed by atoms with E-state index in [1.807, 2.05) is 0 Å². The van der Waals surface area contributed by atoms with Gasteiger partial charge in [-0.3, -0.25) is 0 Å². The lowest BCUT2D eigenvalue weighted by atomic mass is 9.94. The molecule has 0 aromatic rings. The van der Waals surface area contributed by atoms with Crippen LogP contribution in [0.5, 0.6) is 0 Å². The predicted octanol–water partition coefficient (Wildman–Crippen LogP) is 2.10. The lowest BCUT2D eigenvalue weighted by molar-refractivity contribution is 0.144. The predicted molar refractivity (Wildman–Crippen MR) is 62.5 cm³/mol. The first-order chi connectivity index (χ1) is 6.49. The molecule has 0 aromatic heterocycles. The monoisotopic (exact) mass is 198 g/mol. The summed E-state index contributed by atoms with van der Waals surface area (Å²) in [6, 6.07) is 2.14. The number of piperidine rings is 1. The zero-order valence-corrected chi connectivity index (χ0v) is 10.4. The minimum atomic E-state index is 0.679. The van der Waals surface area contributed by atoms with Crippen molar-refractivity contribution in [2.24, 2.45) is 5.92 Å². The molecule has 2 heteroatoms. The molecule has 2 nitrogen and oxygen atoms in total. The third-order valence-corrected chi connectivity index (χ3v) is 3.10. The van der Waals surface area contributed by atoms with Gasteiger partial charge in [-0.15, -0.1) is 0 Å². The zero-order valence-electron chi connectivity index (χ0n) is 10.4. The molecule has 0 spiro atoms. The molecule has 0 amide bonds. The molecule has 0 radical (unpaired) electrons. The Balaban J connectivity index is 2.42. The van der Waals surface area contributed by atoms with Gasteiger partial charge in [0.15, 0.2) is 0 Å². The molecule has 0 saturated carbocycles. The van der Waals surface area contributed by atoms with Gasteiger partial charge in [0.1, 0.15) is 0 Å². The van der Waals surface area contributed by atoms with Crippen LogP contribution in [0.2, 0.25) is 0 Å². The minimum Gasteiger partial charge on any atom is -0.312 e. The highest BCUT2D eigenvalue weighted by molar-refractivity contribution is 4.85. The first-order valence-corrected chi connectivity index (χ1v) is 5.95. The molecule has 0 aliphatic carbocycles. The van der Waals surface area contributed by atoms with Crippen LogP contribution in [0.25, 0.3) is 0 Å². The smallest absolute Gasteiger partial charge is 0.0122 e. The van der Waals surface area contributed by atoms with E-state index in [0.29, 0.717) is 12.1 Å². The van der Waals surface area contributed by atoms with E-state index in [4.69, 9.17) is 0 Å². The van der Waals surface area contributed by atoms with E-state index < -0.39 is 0 Å². The van der Waals surface area contributed by atoms with Gasteiger partial charge in [-0.25, -0.2) is 0 Å². The van der Waals surface area contributed by atoms with Crippen LogP contribution in [-0.2, 0) is 0 Å². The van der Waals surface area contributed by atoms with E-state index in [-0.39, 0.29) is 0 Å². The number of hydrogen-bond donors (Lipinski definition) is 1. The molecule has 14 heavy (non-hydrogen) atoms. The van der Waals surface area contributed by atoms with Crippen molar-refractivity contribution in [3.63, 3.8) is 0 Å². The SMILES string of the molecule is CC(C)CN(C)C1CC(C)NC(C)C1. The van der Waals surface area contributed by atoms with Gasteiger partial charge in [0.25, 0.3) is 0 Å². The fourth-order valence-electron chi connectivity index (χ4n) is 2.62. The molecule has 1 fully saturated rings. The lowest BCUT2D eigenvalue weighted by Gasteiger charge is -2.38. The molecule has 1 saturated heterocycles. The van der Waals surface area contributed by atoms with Gasteiger partial charge in [0.05, 0.1) is 0 Å². The summed E-state index contributed by atoms with van der Waals surface area (Å²) >= 11 is 0. The number of rotatable bonds is 3. The van der Waals surface area contributed by atoms with Crippen molar-refractivity contribution < 1.29 is 0 Å². The van der Waals surface area contributed by atoms with Crippen molar-refractivity contribution in [2.45, 2.75) is 58.7 Å². The van der Waals surface area contributed by atoms with Crippen molar-refractivity contribution in [1.29, 1.82) is 0 Å². The Morgan fingerprint density at radius 3 is 2.14 bits per heavy atom. The van der Waals surface area contributed by atoms with Gasteiger partial charge < -0.3 is 10.2 Å². The highest BCUT2D eigenvalue weighted by Gasteiger charge is 2.25. The summed E-state index contributed by atoms with van der Waals surface area (Å²) in [4.78, 5) is 2.54. The van der Waals surface area contributed by atoms with Gasteiger partial charge in [0.2, 0.25) is 0 Å². The highest BCUT2D eigenvalue weighted by atomic mass is 15.1. The second kappa shape index (κ2) is 5.13. The van der Waals surface area contributed by atoms with Crippen LogP contribution in [-0.4, -0.2) is 36.6 Å². The van der Waals surface area contributed by atoms with Crippen LogP contribution in [0.15, 0.2) is 0 Å². The average Bonchev–Trinajstić information content (AvgIpc) is 2.00. The molecular formula is C12H26N2. The summed E-state index contributed by atoms with van der Waals surface area (Å²) in [5, 5.41) is 3.59. The molecule has 1 heterocycles. The van der Waals surface area contributed by atoms with Crippen molar-refractivity contribution in [1.82, 2.24) is 10.2 Å². The molecule has 1 aliphatic rings. The Kier molecular flexibility index (Phi) is 4.39. The molecule has 2 atom stereocenters. The lowest BCUT2D eigenvalue weighted by Crippen LogP contribution is -2.50. The summed E-state index contributed by atoms with van der Waals surface area (Å²) in [7, 11) is 2.27. The fourth-order valence-corrected chi connectivity index (χ4v) is 2.62. The summed E-state index contributed by atoms with van der Waals surface area (Å²) in [5.74, 6) is 0.778. The Morgan fingerprint density at radius 1 is 1.21 bits per heavy atom. The van der Waals surface area contributed by atoms with Gasteiger partial charge >= 0.3 is 0 Å². The van der Waals surface area contributed by atoms with E-state index in [0.717, 1.165) is 12.0 Å². The maximum Gasteiger partial charge on any atom is 0.0122 e. The third kappa shape index (κ3) is 3.58. The average molecular weight is 198 g/mol. The topological polar surface area (TPSA) is 15.3 Å². The summed E-state index contributed by atoms with van der Waals surface area (Å²) in [6.07, 6.45) is 2.60. The maximum atomic E-state index is 3.59. The van der Waals surface area contributed by atoms with E-state index >= 15 is 0 Å².